The third kappa shape index (κ3) is 4.02. The number of rotatable bonds is 5. The third-order valence-corrected chi connectivity index (χ3v) is 7.08. The van der Waals surface area contributed by atoms with Crippen LogP contribution < -0.4 is 10.3 Å². The second kappa shape index (κ2) is 7.61. The van der Waals surface area contributed by atoms with Crippen molar-refractivity contribution < 1.29 is 26.4 Å². The summed E-state index contributed by atoms with van der Waals surface area (Å²) in [4.78, 5) is 14.3. The first-order valence-electron chi connectivity index (χ1n) is 8.30. The summed E-state index contributed by atoms with van der Waals surface area (Å²) in [5.41, 5.74) is 3.07. The van der Waals surface area contributed by atoms with Gasteiger partial charge < -0.3 is 0 Å². The summed E-state index contributed by atoms with van der Waals surface area (Å²) in [7, 11) is -4.61. The van der Waals surface area contributed by atoms with Crippen molar-refractivity contribution in [3.8, 4) is 0 Å². The van der Waals surface area contributed by atoms with Gasteiger partial charge in [0, 0.05) is 4.88 Å². The van der Waals surface area contributed by atoms with Gasteiger partial charge in [-0.25, -0.2) is 21.6 Å². The molecule has 0 radical (unpaired) electrons. The first-order chi connectivity index (χ1) is 12.7. The van der Waals surface area contributed by atoms with E-state index in [1.54, 1.807) is 10.9 Å². The summed E-state index contributed by atoms with van der Waals surface area (Å²) in [6, 6.07) is 2.80. The van der Waals surface area contributed by atoms with Crippen LogP contribution in [0.15, 0.2) is 23.1 Å². The Bertz CT molecular complexity index is 990. The number of thiophene rings is 1. The maximum atomic E-state index is 13.7. The Labute approximate surface area is 158 Å². The lowest BCUT2D eigenvalue weighted by Gasteiger charge is -2.19. The molecule has 1 aromatic heterocycles. The van der Waals surface area contributed by atoms with Crippen LogP contribution in [0, 0.1) is 23.4 Å². The minimum absolute atomic E-state index is 0.324. The lowest BCUT2D eigenvalue weighted by molar-refractivity contribution is 0.0949. The van der Waals surface area contributed by atoms with Crippen LogP contribution >= 0.6 is 11.3 Å². The van der Waals surface area contributed by atoms with Crippen molar-refractivity contribution in [1.82, 2.24) is 10.3 Å². The molecule has 27 heavy (non-hydrogen) atoms. The van der Waals surface area contributed by atoms with Crippen molar-refractivity contribution in [2.45, 2.75) is 37.5 Å². The van der Waals surface area contributed by atoms with Gasteiger partial charge in [-0.05, 0) is 48.9 Å². The van der Waals surface area contributed by atoms with Crippen LogP contribution in [0.2, 0.25) is 0 Å². The molecule has 2 aromatic rings. The molecular weight excluding hydrogens is 401 g/mol. The number of nitrogens with one attached hydrogen (secondary N) is 2. The van der Waals surface area contributed by atoms with Gasteiger partial charge in [-0.15, -0.1) is 16.2 Å². The number of benzene rings is 1. The molecule has 0 bridgehead atoms. The van der Waals surface area contributed by atoms with Gasteiger partial charge in [-0.1, -0.05) is 13.3 Å². The number of aryl methyl sites for hydroxylation is 1. The molecule has 0 aliphatic heterocycles. The minimum atomic E-state index is -4.61. The minimum Gasteiger partial charge on any atom is -0.273 e. The van der Waals surface area contributed by atoms with E-state index >= 15 is 0 Å². The predicted molar refractivity (Wildman–Crippen MR) is 94.2 cm³/mol. The quantitative estimate of drug-likeness (QED) is 0.578. The molecule has 1 atom stereocenters. The second-order valence-electron chi connectivity index (χ2n) is 6.31. The number of hydrogen-bond donors (Lipinski definition) is 2. The van der Waals surface area contributed by atoms with Crippen LogP contribution in [0.1, 0.15) is 39.9 Å². The molecule has 1 aromatic carbocycles. The van der Waals surface area contributed by atoms with Gasteiger partial charge in [0.2, 0.25) is 0 Å². The number of amides is 1. The summed E-state index contributed by atoms with van der Waals surface area (Å²) in [5.74, 6) is -5.40. The monoisotopic (exact) mass is 418 g/mol. The topological polar surface area (TPSA) is 75.3 Å². The molecule has 1 heterocycles. The van der Waals surface area contributed by atoms with Crippen LogP contribution in [0.3, 0.4) is 0 Å². The van der Waals surface area contributed by atoms with Gasteiger partial charge in [0.1, 0.15) is 4.90 Å². The molecule has 3 rings (SSSR count). The SMILES string of the molecule is CCC1CCc2sc(C(=O)NNS(=O)(=O)c3ccc(F)c(F)c3F)cc2C1. The number of hydrogen-bond acceptors (Lipinski definition) is 4. The number of sulfonamides is 1. The maximum absolute atomic E-state index is 13.7. The van der Waals surface area contributed by atoms with Crippen molar-refractivity contribution >= 4 is 27.3 Å². The average molecular weight is 418 g/mol. The summed E-state index contributed by atoms with van der Waals surface area (Å²) < 4.78 is 64.0. The van der Waals surface area contributed by atoms with Gasteiger partial charge >= 0.3 is 0 Å². The highest BCUT2D eigenvalue weighted by molar-refractivity contribution is 7.89. The molecule has 1 aliphatic carbocycles. The van der Waals surface area contributed by atoms with Crippen LogP contribution in [0.25, 0.3) is 0 Å². The van der Waals surface area contributed by atoms with Crippen LogP contribution in [-0.2, 0) is 22.9 Å². The highest BCUT2D eigenvalue weighted by atomic mass is 32.2. The van der Waals surface area contributed by atoms with Crippen molar-refractivity contribution in [2.24, 2.45) is 5.92 Å². The van der Waals surface area contributed by atoms with Gasteiger partial charge in [0.05, 0.1) is 4.88 Å². The fourth-order valence-corrected chi connectivity index (χ4v) is 5.02. The van der Waals surface area contributed by atoms with Crippen LogP contribution in [-0.4, -0.2) is 14.3 Å². The second-order valence-corrected chi connectivity index (χ2v) is 9.10. The standard InChI is InChI=1S/C17H17F3N2O3S2/c1-2-9-3-5-12-10(7-9)8-13(26-12)17(23)21-22-27(24,25)14-6-4-11(18)15(19)16(14)20/h4,6,8-9,22H,2-3,5,7H2,1H3,(H,21,23). The van der Waals surface area contributed by atoms with E-state index in [4.69, 9.17) is 0 Å². The van der Waals surface area contributed by atoms with Gasteiger partial charge in [-0.2, -0.15) is 0 Å². The zero-order valence-corrected chi connectivity index (χ0v) is 15.9. The average Bonchev–Trinajstić information content (AvgIpc) is 3.07. The van der Waals surface area contributed by atoms with Crippen LogP contribution in [0.5, 0.6) is 0 Å². The lowest BCUT2D eigenvalue weighted by Crippen LogP contribution is -2.41. The molecule has 1 unspecified atom stereocenters. The highest BCUT2D eigenvalue weighted by Gasteiger charge is 2.26. The summed E-state index contributed by atoms with van der Waals surface area (Å²) >= 11 is 1.28. The Balaban J connectivity index is 1.72. The molecule has 10 heteroatoms. The Morgan fingerprint density at radius 2 is 2.00 bits per heavy atom. The Morgan fingerprint density at radius 3 is 2.70 bits per heavy atom. The zero-order chi connectivity index (χ0) is 19.8. The first kappa shape index (κ1) is 19.8. The molecule has 0 spiro atoms. The van der Waals surface area contributed by atoms with Gasteiger partial charge in [-0.3, -0.25) is 10.2 Å². The smallest absolute Gasteiger partial charge is 0.273 e. The number of halogens is 3. The Hall–Kier alpha value is -1.91. The lowest BCUT2D eigenvalue weighted by atomic mass is 9.87. The predicted octanol–water partition coefficient (Wildman–Crippen LogP) is 3.30. The fraction of sp³-hybridized carbons (Fsp3) is 0.353. The van der Waals surface area contributed by atoms with Crippen molar-refractivity contribution in [1.29, 1.82) is 0 Å². The largest absolute Gasteiger partial charge is 0.276 e. The Morgan fingerprint density at radius 1 is 1.26 bits per heavy atom. The molecule has 0 fully saturated rings. The third-order valence-electron chi connectivity index (χ3n) is 4.57. The number of hydrazine groups is 1. The molecule has 1 amide bonds. The van der Waals surface area contributed by atoms with Crippen molar-refractivity contribution in [3.05, 3.63) is 51.0 Å². The highest BCUT2D eigenvalue weighted by Crippen LogP contribution is 2.33. The van der Waals surface area contributed by atoms with Gasteiger partial charge in [0.15, 0.2) is 17.5 Å². The van der Waals surface area contributed by atoms with E-state index in [1.807, 2.05) is 5.43 Å². The molecule has 2 N–H and O–H groups in total. The number of fused-ring (bicyclic) bond motifs is 1. The summed E-state index contributed by atoms with van der Waals surface area (Å²) in [6.45, 7) is 2.11. The maximum Gasteiger partial charge on any atom is 0.276 e. The Kier molecular flexibility index (Phi) is 5.59. The number of carbonyl (C=O) groups excluding carboxylic acids is 1. The van der Waals surface area contributed by atoms with E-state index in [2.05, 4.69) is 6.92 Å². The normalized spacial score (nSPS) is 16.8. The number of carbonyl (C=O) groups is 1. The molecule has 0 saturated carbocycles. The van der Waals surface area contributed by atoms with E-state index in [9.17, 15) is 26.4 Å². The van der Waals surface area contributed by atoms with Crippen molar-refractivity contribution in [2.75, 3.05) is 0 Å². The zero-order valence-electron chi connectivity index (χ0n) is 14.3. The van der Waals surface area contributed by atoms with Crippen LogP contribution in [0.4, 0.5) is 13.2 Å². The van der Waals surface area contributed by atoms with E-state index in [-0.39, 0.29) is 0 Å². The van der Waals surface area contributed by atoms with Crippen molar-refractivity contribution in [3.63, 3.8) is 0 Å². The molecular formula is C17H17F3N2O3S2. The summed E-state index contributed by atoms with van der Waals surface area (Å²) in [6.07, 6.45) is 3.85. The van der Waals surface area contributed by atoms with E-state index in [1.165, 1.54) is 11.3 Å². The van der Waals surface area contributed by atoms with E-state index in [0.717, 1.165) is 36.1 Å². The first-order valence-corrected chi connectivity index (χ1v) is 10.6. The van der Waals surface area contributed by atoms with E-state index < -0.39 is 38.3 Å². The molecule has 0 saturated heterocycles. The van der Waals surface area contributed by atoms with E-state index in [0.29, 0.717) is 22.9 Å². The fourth-order valence-electron chi connectivity index (χ4n) is 3.01. The summed E-state index contributed by atoms with van der Waals surface area (Å²) in [5, 5.41) is 0. The molecule has 5 nitrogen and oxygen atoms in total. The molecule has 1 aliphatic rings. The molecule has 146 valence electrons. The van der Waals surface area contributed by atoms with Gasteiger partial charge in [0.25, 0.3) is 15.9 Å².